The van der Waals surface area contributed by atoms with E-state index in [0.717, 1.165) is 23.2 Å². The molecule has 0 bridgehead atoms. The molecule has 4 rings (SSSR count). The normalized spacial score (nSPS) is 22.9. The van der Waals surface area contributed by atoms with Gasteiger partial charge in [0.2, 0.25) is 0 Å². The molecule has 2 aromatic carbocycles. The molecule has 5 nitrogen and oxygen atoms in total. The molecule has 1 aliphatic carbocycles. The van der Waals surface area contributed by atoms with Crippen molar-refractivity contribution < 1.29 is 19.4 Å². The smallest absolute Gasteiger partial charge is 0.335 e. The molecule has 5 heteroatoms. The molecule has 2 N–H and O–H groups in total. The Bertz CT molecular complexity index is 890. The van der Waals surface area contributed by atoms with Gasteiger partial charge < -0.3 is 19.9 Å². The number of methoxy groups -OCH3 is 2. The number of ether oxygens (including phenoxy) is 2. The summed E-state index contributed by atoms with van der Waals surface area (Å²) < 4.78 is 10.8. The van der Waals surface area contributed by atoms with Crippen LogP contribution in [-0.2, 0) is 0 Å². The van der Waals surface area contributed by atoms with E-state index in [1.165, 1.54) is 0 Å². The van der Waals surface area contributed by atoms with Crippen LogP contribution < -0.4 is 14.8 Å². The van der Waals surface area contributed by atoms with Crippen molar-refractivity contribution in [3.63, 3.8) is 0 Å². The van der Waals surface area contributed by atoms with Crippen LogP contribution in [0.3, 0.4) is 0 Å². The molecule has 0 unspecified atom stereocenters. The van der Waals surface area contributed by atoms with Crippen molar-refractivity contribution >= 4 is 11.7 Å². The Balaban J connectivity index is 1.75. The van der Waals surface area contributed by atoms with E-state index in [1.54, 1.807) is 26.4 Å². The number of carbonyl (C=O) groups is 1. The van der Waals surface area contributed by atoms with Gasteiger partial charge in [-0.15, -0.1) is 0 Å². The number of anilines is 1. The molecule has 3 atom stereocenters. The Morgan fingerprint density at radius 1 is 1.12 bits per heavy atom. The van der Waals surface area contributed by atoms with Gasteiger partial charge in [0, 0.05) is 11.6 Å². The van der Waals surface area contributed by atoms with Gasteiger partial charge in [-0.05, 0) is 53.8 Å². The van der Waals surface area contributed by atoms with Crippen LogP contribution in [0.4, 0.5) is 5.69 Å². The van der Waals surface area contributed by atoms with E-state index >= 15 is 0 Å². The minimum absolute atomic E-state index is 0.123. The predicted octanol–water partition coefficient (Wildman–Crippen LogP) is 4.23. The van der Waals surface area contributed by atoms with Gasteiger partial charge in [-0.1, -0.05) is 18.2 Å². The van der Waals surface area contributed by atoms with Gasteiger partial charge in [0.05, 0.1) is 25.8 Å². The van der Waals surface area contributed by atoms with Gasteiger partial charge in [0.1, 0.15) is 0 Å². The summed E-state index contributed by atoms with van der Waals surface area (Å²) in [6, 6.07) is 11.4. The molecule has 134 valence electrons. The fourth-order valence-corrected chi connectivity index (χ4v) is 4.10. The third kappa shape index (κ3) is 2.60. The largest absolute Gasteiger partial charge is 0.493 e. The first-order valence-electron chi connectivity index (χ1n) is 8.64. The second-order valence-electron chi connectivity index (χ2n) is 6.70. The number of nitrogens with one attached hydrogen (secondary N) is 1. The highest BCUT2D eigenvalue weighted by Gasteiger charge is 2.38. The van der Waals surface area contributed by atoms with Crippen LogP contribution in [0.5, 0.6) is 11.5 Å². The lowest BCUT2D eigenvalue weighted by Gasteiger charge is -2.37. The maximum atomic E-state index is 11.3. The lowest BCUT2D eigenvalue weighted by Crippen LogP contribution is -2.29. The number of fused-ring (bicyclic) bond motifs is 3. The molecule has 26 heavy (non-hydrogen) atoms. The first-order chi connectivity index (χ1) is 12.6. The molecule has 0 radical (unpaired) electrons. The zero-order chi connectivity index (χ0) is 18.3. The standard InChI is InChI=1S/C21H21NO4/c1-25-18-9-7-12(11-19(18)26-2)20-15-5-3-4-14(15)16-10-13(21(23)24)6-8-17(16)22-20/h3-4,6-11,14-15,20,22H,5H2,1-2H3,(H,23,24)/t14-,15+,20-/m0/s1. The average molecular weight is 351 g/mol. The molecule has 2 aliphatic rings. The van der Waals surface area contributed by atoms with Crippen molar-refractivity contribution in [1.29, 1.82) is 0 Å². The van der Waals surface area contributed by atoms with Crippen molar-refractivity contribution in [2.75, 3.05) is 19.5 Å². The Kier molecular flexibility index (Phi) is 4.07. The Morgan fingerprint density at radius 2 is 1.92 bits per heavy atom. The molecule has 0 amide bonds. The minimum Gasteiger partial charge on any atom is -0.493 e. The van der Waals surface area contributed by atoms with Gasteiger partial charge in [-0.2, -0.15) is 0 Å². The van der Waals surface area contributed by atoms with Crippen molar-refractivity contribution in [3.05, 3.63) is 65.2 Å². The number of allylic oxidation sites excluding steroid dienone is 2. The van der Waals surface area contributed by atoms with Crippen LogP contribution in [-0.4, -0.2) is 25.3 Å². The van der Waals surface area contributed by atoms with Crippen molar-refractivity contribution in [1.82, 2.24) is 0 Å². The second-order valence-corrected chi connectivity index (χ2v) is 6.70. The monoisotopic (exact) mass is 351 g/mol. The number of carboxylic acid groups (broad SMARTS) is 1. The highest BCUT2D eigenvalue weighted by molar-refractivity contribution is 5.89. The summed E-state index contributed by atoms with van der Waals surface area (Å²) in [5, 5.41) is 12.9. The van der Waals surface area contributed by atoms with Crippen LogP contribution in [0.1, 0.15) is 39.9 Å². The Hall–Kier alpha value is -2.95. The van der Waals surface area contributed by atoms with Gasteiger partial charge in [-0.3, -0.25) is 0 Å². The van der Waals surface area contributed by atoms with Gasteiger partial charge in [-0.25, -0.2) is 4.79 Å². The zero-order valence-electron chi connectivity index (χ0n) is 14.7. The number of rotatable bonds is 4. The van der Waals surface area contributed by atoms with Crippen molar-refractivity contribution in [2.24, 2.45) is 5.92 Å². The molecule has 0 saturated carbocycles. The fourth-order valence-electron chi connectivity index (χ4n) is 4.10. The Morgan fingerprint density at radius 3 is 2.65 bits per heavy atom. The van der Waals surface area contributed by atoms with Crippen molar-refractivity contribution in [3.8, 4) is 11.5 Å². The molecule has 0 aromatic heterocycles. The summed E-state index contributed by atoms with van der Waals surface area (Å²) in [4.78, 5) is 11.3. The van der Waals surface area contributed by atoms with Crippen LogP contribution in [0, 0.1) is 5.92 Å². The lowest BCUT2D eigenvalue weighted by atomic mass is 9.76. The second kappa shape index (κ2) is 6.41. The maximum Gasteiger partial charge on any atom is 0.335 e. The SMILES string of the molecule is COc1ccc([C@@H]2Nc3ccc(C(=O)O)cc3[C@H]3C=CC[C@H]32)cc1OC. The van der Waals surface area contributed by atoms with Gasteiger partial charge >= 0.3 is 5.97 Å². The van der Waals surface area contributed by atoms with Crippen LogP contribution in [0.25, 0.3) is 0 Å². The van der Waals surface area contributed by atoms with Crippen molar-refractivity contribution in [2.45, 2.75) is 18.4 Å². The number of benzene rings is 2. The average Bonchev–Trinajstić information content (AvgIpc) is 3.16. The number of hydrogen-bond acceptors (Lipinski definition) is 4. The topological polar surface area (TPSA) is 67.8 Å². The van der Waals surface area contributed by atoms with E-state index < -0.39 is 5.97 Å². The summed E-state index contributed by atoms with van der Waals surface area (Å²) in [6.07, 6.45) is 5.34. The molecule has 0 fully saturated rings. The van der Waals surface area contributed by atoms with Crippen LogP contribution >= 0.6 is 0 Å². The molecule has 1 aliphatic heterocycles. The summed E-state index contributed by atoms with van der Waals surface area (Å²) in [7, 11) is 3.27. The Labute approximate surface area is 152 Å². The van der Waals surface area contributed by atoms with E-state index in [9.17, 15) is 9.90 Å². The maximum absolute atomic E-state index is 11.3. The minimum atomic E-state index is -0.895. The van der Waals surface area contributed by atoms with E-state index in [0.29, 0.717) is 23.0 Å². The van der Waals surface area contributed by atoms with E-state index in [1.807, 2.05) is 18.2 Å². The summed E-state index contributed by atoms with van der Waals surface area (Å²) >= 11 is 0. The highest BCUT2D eigenvalue weighted by Crippen LogP contribution is 2.50. The summed E-state index contributed by atoms with van der Waals surface area (Å²) in [5.41, 5.74) is 3.51. The fraction of sp³-hybridized carbons (Fsp3) is 0.286. The van der Waals surface area contributed by atoms with Gasteiger partial charge in [0.15, 0.2) is 11.5 Å². The molecular formula is C21H21NO4. The quantitative estimate of drug-likeness (QED) is 0.807. The molecule has 1 heterocycles. The van der Waals surface area contributed by atoms with Crippen LogP contribution in [0.2, 0.25) is 0 Å². The van der Waals surface area contributed by atoms with E-state index in [2.05, 4.69) is 23.5 Å². The molecule has 2 aromatic rings. The summed E-state index contributed by atoms with van der Waals surface area (Å²) in [5.74, 6) is 1.07. The molecular weight excluding hydrogens is 330 g/mol. The zero-order valence-corrected chi connectivity index (χ0v) is 14.7. The van der Waals surface area contributed by atoms with E-state index in [4.69, 9.17) is 9.47 Å². The molecule has 0 saturated heterocycles. The number of carboxylic acids is 1. The highest BCUT2D eigenvalue weighted by atomic mass is 16.5. The lowest BCUT2D eigenvalue weighted by molar-refractivity contribution is 0.0696. The van der Waals surface area contributed by atoms with Gasteiger partial charge in [0.25, 0.3) is 0 Å². The summed E-state index contributed by atoms with van der Waals surface area (Å²) in [6.45, 7) is 0. The first kappa shape index (κ1) is 16.5. The predicted molar refractivity (Wildman–Crippen MR) is 99.3 cm³/mol. The number of aromatic carboxylic acids is 1. The van der Waals surface area contributed by atoms with E-state index in [-0.39, 0.29) is 12.0 Å². The third-order valence-corrected chi connectivity index (χ3v) is 5.38. The number of hydrogen-bond donors (Lipinski definition) is 2. The van der Waals surface area contributed by atoms with Crippen LogP contribution in [0.15, 0.2) is 48.6 Å². The third-order valence-electron chi connectivity index (χ3n) is 5.38. The first-order valence-corrected chi connectivity index (χ1v) is 8.64. The molecule has 0 spiro atoms.